The molecule has 8 nitrogen and oxygen atoms in total. The number of nitrogens with one attached hydrogen (secondary N) is 1. The molecule has 4 aromatic rings. The molecule has 1 aromatic heterocycles. The van der Waals surface area contributed by atoms with Crippen LogP contribution in [0.25, 0.3) is 11.1 Å². The number of carbonyl (C=O) groups is 1. The van der Waals surface area contributed by atoms with Crippen molar-refractivity contribution in [2.75, 3.05) is 55.6 Å². The molecular weight excluding hydrogens is 635 g/mol. The minimum absolute atomic E-state index is 0.0457. The lowest BCUT2D eigenvalue weighted by atomic mass is 9.87. The first-order chi connectivity index (χ1) is 24.7. The van der Waals surface area contributed by atoms with Crippen LogP contribution in [0.2, 0.25) is 0 Å². The number of phenolic OH excluding ortho intramolecular Hbond substituents is 1. The lowest BCUT2D eigenvalue weighted by molar-refractivity contribution is 0.0738. The van der Waals surface area contributed by atoms with Crippen molar-refractivity contribution in [1.82, 2.24) is 15.2 Å². The number of phenols is 1. The van der Waals surface area contributed by atoms with Crippen molar-refractivity contribution in [2.45, 2.75) is 58.1 Å². The fourth-order valence-corrected chi connectivity index (χ4v) is 8.51. The molecule has 3 N–H and O–H groups in total. The van der Waals surface area contributed by atoms with Crippen LogP contribution in [0.3, 0.4) is 0 Å². The number of aromatic nitrogens is 1. The van der Waals surface area contributed by atoms with Gasteiger partial charge in [-0.3, -0.25) is 14.7 Å². The number of piperidine rings is 1. The molecule has 0 bridgehead atoms. The Morgan fingerprint density at radius 1 is 0.784 bits per heavy atom. The number of fused-ring (bicyclic) bond motifs is 2. The van der Waals surface area contributed by atoms with Crippen molar-refractivity contribution >= 4 is 28.4 Å². The predicted molar refractivity (Wildman–Crippen MR) is 204 cm³/mol. The lowest BCUT2D eigenvalue weighted by Gasteiger charge is -2.40. The van der Waals surface area contributed by atoms with Gasteiger partial charge in [-0.25, -0.2) is 0 Å². The van der Waals surface area contributed by atoms with E-state index in [0.717, 1.165) is 75.2 Å². The monoisotopic (exact) mass is 683 g/mol. The SMILES string of the molecule is CC(C)(O)c1ccc(C2=C(c3ccc(N4CCC(CN5CCN(c6ccc7c(c6)CNC7=O)CC5)CC4)cc3)c3ccc(O)cc3CCC2)cn1. The van der Waals surface area contributed by atoms with Gasteiger partial charge in [0.15, 0.2) is 0 Å². The van der Waals surface area contributed by atoms with Gasteiger partial charge in [-0.15, -0.1) is 0 Å². The molecule has 0 radical (unpaired) electrons. The molecule has 4 aliphatic rings. The van der Waals surface area contributed by atoms with E-state index in [4.69, 9.17) is 0 Å². The van der Waals surface area contributed by atoms with Crippen LogP contribution in [0.4, 0.5) is 11.4 Å². The minimum atomic E-state index is -0.991. The van der Waals surface area contributed by atoms with Crippen LogP contribution < -0.4 is 15.1 Å². The van der Waals surface area contributed by atoms with E-state index in [0.29, 0.717) is 23.9 Å². The molecule has 2 saturated heterocycles. The highest BCUT2D eigenvalue weighted by Gasteiger charge is 2.27. The van der Waals surface area contributed by atoms with Crippen molar-refractivity contribution in [2.24, 2.45) is 5.92 Å². The van der Waals surface area contributed by atoms with E-state index >= 15 is 0 Å². The van der Waals surface area contributed by atoms with Crippen LogP contribution in [-0.2, 0) is 18.6 Å². The third kappa shape index (κ3) is 7.00. The topological polar surface area (TPSA) is 92.2 Å². The molecule has 8 rings (SSSR count). The Hall–Kier alpha value is -4.66. The Morgan fingerprint density at radius 2 is 1.49 bits per heavy atom. The number of aromatic hydroxyl groups is 1. The zero-order valence-electron chi connectivity index (χ0n) is 29.9. The maximum atomic E-state index is 12.0. The Balaban J connectivity index is 0.926. The fraction of sp³-hybridized carbons (Fsp3) is 0.395. The van der Waals surface area contributed by atoms with E-state index < -0.39 is 5.60 Å². The number of benzene rings is 3. The first-order valence-corrected chi connectivity index (χ1v) is 18.7. The van der Waals surface area contributed by atoms with Crippen LogP contribution in [0.1, 0.15) is 83.4 Å². The van der Waals surface area contributed by atoms with Gasteiger partial charge in [0, 0.05) is 75.5 Å². The molecular formula is C43H49N5O3. The molecule has 2 fully saturated rings. The highest BCUT2D eigenvalue weighted by Crippen LogP contribution is 2.41. The van der Waals surface area contributed by atoms with Crippen molar-refractivity contribution in [3.8, 4) is 5.75 Å². The summed E-state index contributed by atoms with van der Waals surface area (Å²) in [6, 6.07) is 25.2. The molecule has 0 atom stereocenters. The molecule has 3 aromatic carbocycles. The molecule has 8 heteroatoms. The van der Waals surface area contributed by atoms with Gasteiger partial charge >= 0.3 is 0 Å². The zero-order valence-corrected chi connectivity index (χ0v) is 29.9. The summed E-state index contributed by atoms with van der Waals surface area (Å²) in [6.07, 6.45) is 7.11. The van der Waals surface area contributed by atoms with E-state index in [1.54, 1.807) is 19.9 Å². The first-order valence-electron chi connectivity index (χ1n) is 18.7. The number of amides is 1. The van der Waals surface area contributed by atoms with E-state index in [9.17, 15) is 15.0 Å². The summed E-state index contributed by atoms with van der Waals surface area (Å²) in [6.45, 7) is 11.7. The number of rotatable bonds is 7. The summed E-state index contributed by atoms with van der Waals surface area (Å²) in [5.41, 5.74) is 11.2. The summed E-state index contributed by atoms with van der Waals surface area (Å²) in [5.74, 6) is 1.07. The van der Waals surface area contributed by atoms with E-state index in [1.165, 1.54) is 58.6 Å². The number of hydrogen-bond acceptors (Lipinski definition) is 7. The van der Waals surface area contributed by atoms with Crippen LogP contribution in [0.5, 0.6) is 5.75 Å². The zero-order chi connectivity index (χ0) is 35.1. The average molecular weight is 684 g/mol. The number of hydrogen-bond donors (Lipinski definition) is 3. The quantitative estimate of drug-likeness (QED) is 0.203. The molecule has 4 heterocycles. The second-order valence-electron chi connectivity index (χ2n) is 15.3. The number of aliphatic hydroxyl groups is 1. The Kier molecular flexibility index (Phi) is 9.07. The average Bonchev–Trinajstić information content (AvgIpc) is 3.41. The van der Waals surface area contributed by atoms with Gasteiger partial charge in [-0.1, -0.05) is 24.3 Å². The van der Waals surface area contributed by atoms with Crippen LogP contribution in [-0.4, -0.2) is 71.8 Å². The predicted octanol–water partition coefficient (Wildman–Crippen LogP) is 6.59. The Bertz CT molecular complexity index is 1930. The van der Waals surface area contributed by atoms with E-state index in [2.05, 4.69) is 73.5 Å². The maximum absolute atomic E-state index is 12.0. The smallest absolute Gasteiger partial charge is 0.251 e. The van der Waals surface area contributed by atoms with Gasteiger partial charge in [0.05, 0.1) is 5.69 Å². The second kappa shape index (κ2) is 13.8. The van der Waals surface area contributed by atoms with Gasteiger partial charge < -0.3 is 25.3 Å². The number of piperazine rings is 1. The molecule has 264 valence electrons. The molecule has 0 spiro atoms. The fourth-order valence-electron chi connectivity index (χ4n) is 8.51. The van der Waals surface area contributed by atoms with Crippen molar-refractivity contribution in [3.63, 3.8) is 0 Å². The highest BCUT2D eigenvalue weighted by molar-refractivity contribution is 6.00. The van der Waals surface area contributed by atoms with Crippen molar-refractivity contribution in [3.05, 3.63) is 118 Å². The van der Waals surface area contributed by atoms with Crippen LogP contribution >= 0.6 is 0 Å². The third-order valence-electron chi connectivity index (χ3n) is 11.4. The molecule has 0 unspecified atom stereocenters. The number of allylic oxidation sites excluding steroid dienone is 1. The largest absolute Gasteiger partial charge is 0.508 e. The number of pyridine rings is 1. The van der Waals surface area contributed by atoms with Crippen molar-refractivity contribution in [1.29, 1.82) is 0 Å². The summed E-state index contributed by atoms with van der Waals surface area (Å²) in [7, 11) is 0. The summed E-state index contributed by atoms with van der Waals surface area (Å²) in [5, 5.41) is 23.8. The standard InChI is InChI=1S/C43H49N5O3/c1-43(2,51)40-15-8-32(26-44-40)37-5-3-4-31-25-36(49)12-14-38(31)41(37)30-6-9-34(10-7-30)47-18-16-29(17-19-47)28-46-20-22-48(23-21-46)35-11-13-39-33(24-35)27-45-42(39)50/h6-15,24-26,29,49,51H,3-5,16-23,27-28H2,1-2H3,(H,45,50). The first kappa shape index (κ1) is 33.5. The van der Waals surface area contributed by atoms with Crippen LogP contribution in [0.15, 0.2) is 79.0 Å². The molecule has 3 aliphatic heterocycles. The highest BCUT2D eigenvalue weighted by atomic mass is 16.3. The number of aryl methyl sites for hydroxylation is 1. The van der Waals surface area contributed by atoms with Gasteiger partial charge in [-0.05, 0) is 139 Å². The molecule has 1 amide bonds. The maximum Gasteiger partial charge on any atom is 0.251 e. The van der Waals surface area contributed by atoms with Crippen molar-refractivity contribution < 1.29 is 15.0 Å². The van der Waals surface area contributed by atoms with Gasteiger partial charge in [0.1, 0.15) is 11.4 Å². The second-order valence-corrected chi connectivity index (χ2v) is 15.3. The van der Waals surface area contributed by atoms with E-state index in [1.807, 2.05) is 24.4 Å². The minimum Gasteiger partial charge on any atom is -0.508 e. The summed E-state index contributed by atoms with van der Waals surface area (Å²) < 4.78 is 0. The lowest BCUT2D eigenvalue weighted by Crippen LogP contribution is -2.49. The summed E-state index contributed by atoms with van der Waals surface area (Å²) in [4.78, 5) is 24.3. The third-order valence-corrected chi connectivity index (χ3v) is 11.4. The van der Waals surface area contributed by atoms with Gasteiger partial charge in [-0.2, -0.15) is 0 Å². The summed E-state index contributed by atoms with van der Waals surface area (Å²) >= 11 is 0. The van der Waals surface area contributed by atoms with Gasteiger partial charge in [0.2, 0.25) is 0 Å². The van der Waals surface area contributed by atoms with Gasteiger partial charge in [0.25, 0.3) is 5.91 Å². The molecule has 51 heavy (non-hydrogen) atoms. The normalized spacial score (nSPS) is 18.8. The Morgan fingerprint density at radius 3 is 2.22 bits per heavy atom. The molecule has 1 aliphatic carbocycles. The van der Waals surface area contributed by atoms with Crippen LogP contribution in [0, 0.1) is 5.92 Å². The Labute approximate surface area is 301 Å². The number of carbonyl (C=O) groups excluding carboxylic acids is 1. The molecule has 0 saturated carbocycles. The number of anilines is 2. The van der Waals surface area contributed by atoms with E-state index in [-0.39, 0.29) is 5.91 Å². The number of nitrogens with zero attached hydrogens (tertiary/aromatic N) is 4.